The molecule has 0 spiro atoms. The summed E-state index contributed by atoms with van der Waals surface area (Å²) in [6, 6.07) is 1.40. The first-order valence-electron chi connectivity index (χ1n) is 7.78. The lowest BCUT2D eigenvalue weighted by Gasteiger charge is -2.45. The van der Waals surface area contributed by atoms with Crippen molar-refractivity contribution in [3.63, 3.8) is 0 Å². The fourth-order valence-electron chi connectivity index (χ4n) is 3.75. The van der Waals surface area contributed by atoms with Gasteiger partial charge in [-0.25, -0.2) is 8.42 Å². The van der Waals surface area contributed by atoms with Crippen LogP contribution in [0.25, 0.3) is 0 Å². The molecule has 3 rings (SSSR count). The van der Waals surface area contributed by atoms with Crippen molar-refractivity contribution >= 4 is 9.84 Å². The van der Waals surface area contributed by atoms with E-state index in [9.17, 15) is 8.42 Å². The Labute approximate surface area is 116 Å². The second kappa shape index (κ2) is 5.34. The van der Waals surface area contributed by atoms with Crippen LogP contribution in [0.15, 0.2) is 0 Å². The van der Waals surface area contributed by atoms with E-state index in [1.54, 1.807) is 0 Å². The van der Waals surface area contributed by atoms with Gasteiger partial charge >= 0.3 is 0 Å². The van der Waals surface area contributed by atoms with E-state index >= 15 is 0 Å². The zero-order valence-corrected chi connectivity index (χ0v) is 12.7. The Morgan fingerprint density at radius 2 is 2.05 bits per heavy atom. The maximum Gasteiger partial charge on any atom is 0.151 e. The number of sulfone groups is 1. The second-order valence-corrected chi connectivity index (χ2v) is 8.75. The monoisotopic (exact) mass is 286 g/mol. The number of rotatable bonds is 3. The van der Waals surface area contributed by atoms with Gasteiger partial charge in [0.1, 0.15) is 0 Å². The summed E-state index contributed by atoms with van der Waals surface area (Å²) in [5, 5.41) is 3.68. The summed E-state index contributed by atoms with van der Waals surface area (Å²) < 4.78 is 23.8. The van der Waals surface area contributed by atoms with Crippen molar-refractivity contribution in [2.45, 2.75) is 57.2 Å². The Kier molecular flexibility index (Phi) is 3.89. The predicted molar refractivity (Wildman–Crippen MR) is 77.0 cm³/mol. The molecular weight excluding hydrogens is 260 g/mol. The molecule has 19 heavy (non-hydrogen) atoms. The third-order valence-electron chi connectivity index (χ3n) is 5.06. The molecule has 5 heteroatoms. The molecule has 0 amide bonds. The average molecular weight is 286 g/mol. The lowest BCUT2D eigenvalue weighted by Crippen LogP contribution is -2.61. The molecule has 2 saturated heterocycles. The minimum absolute atomic E-state index is 0.270. The number of hydrogen-bond donors (Lipinski definition) is 1. The van der Waals surface area contributed by atoms with Gasteiger partial charge in [-0.05, 0) is 38.0 Å². The molecule has 1 aliphatic carbocycles. The molecule has 3 aliphatic rings. The first-order valence-corrected chi connectivity index (χ1v) is 9.61. The molecular formula is C14H26N2O2S. The number of nitrogens with one attached hydrogen (secondary N) is 1. The fourth-order valence-corrected chi connectivity index (χ4v) is 5.46. The minimum Gasteiger partial charge on any atom is -0.311 e. The maximum atomic E-state index is 11.9. The first-order chi connectivity index (χ1) is 9.09. The molecule has 0 bridgehead atoms. The largest absolute Gasteiger partial charge is 0.311 e. The molecule has 3 fully saturated rings. The number of nitrogens with zero attached hydrogens (tertiary/aromatic N) is 1. The normalized spacial score (nSPS) is 40.2. The molecule has 1 saturated carbocycles. The lowest BCUT2D eigenvalue weighted by molar-refractivity contribution is 0.0760. The topological polar surface area (TPSA) is 49.4 Å². The summed E-state index contributed by atoms with van der Waals surface area (Å²) in [5.74, 6) is 1.64. The van der Waals surface area contributed by atoms with Gasteiger partial charge in [0.15, 0.2) is 9.84 Å². The molecule has 2 heterocycles. The third kappa shape index (κ3) is 3.14. The van der Waals surface area contributed by atoms with E-state index in [4.69, 9.17) is 0 Å². The fraction of sp³-hybridized carbons (Fsp3) is 1.00. The van der Waals surface area contributed by atoms with Gasteiger partial charge in [0, 0.05) is 31.2 Å². The Hall–Kier alpha value is -0.130. The van der Waals surface area contributed by atoms with Crippen LogP contribution in [0.3, 0.4) is 0 Å². The van der Waals surface area contributed by atoms with E-state index in [2.05, 4.69) is 17.1 Å². The predicted octanol–water partition coefficient (Wildman–Crippen LogP) is 1.03. The molecule has 0 aromatic rings. The van der Waals surface area contributed by atoms with Gasteiger partial charge in [0.05, 0.1) is 11.5 Å². The van der Waals surface area contributed by atoms with Gasteiger partial charge in [-0.3, -0.25) is 4.90 Å². The highest BCUT2D eigenvalue weighted by Gasteiger charge is 2.40. The van der Waals surface area contributed by atoms with Crippen LogP contribution in [0.1, 0.15) is 39.0 Å². The maximum absolute atomic E-state index is 11.9. The number of piperazine rings is 1. The van der Waals surface area contributed by atoms with Crippen LogP contribution in [0.2, 0.25) is 0 Å². The molecule has 1 N–H and O–H groups in total. The Balaban J connectivity index is 1.71. The Morgan fingerprint density at radius 3 is 2.68 bits per heavy atom. The molecule has 3 unspecified atom stereocenters. The molecule has 0 aromatic carbocycles. The highest BCUT2D eigenvalue weighted by molar-refractivity contribution is 7.91. The lowest BCUT2D eigenvalue weighted by atomic mass is 9.99. The van der Waals surface area contributed by atoms with E-state index in [-0.39, 0.29) is 6.04 Å². The van der Waals surface area contributed by atoms with E-state index < -0.39 is 9.84 Å². The molecule has 0 aromatic heterocycles. The SMILES string of the molecule is CCC1CNC(C2CC2)CN1C1CCCS(=O)(=O)C1. The molecule has 110 valence electrons. The van der Waals surface area contributed by atoms with Gasteiger partial charge < -0.3 is 5.32 Å². The summed E-state index contributed by atoms with van der Waals surface area (Å²) in [6.45, 7) is 4.31. The van der Waals surface area contributed by atoms with E-state index in [1.807, 2.05) is 0 Å². The first kappa shape index (κ1) is 13.8. The van der Waals surface area contributed by atoms with E-state index in [1.165, 1.54) is 12.8 Å². The third-order valence-corrected chi connectivity index (χ3v) is 6.87. The summed E-state index contributed by atoms with van der Waals surface area (Å²) in [7, 11) is -2.80. The summed E-state index contributed by atoms with van der Waals surface area (Å²) >= 11 is 0. The van der Waals surface area contributed by atoms with Crippen molar-refractivity contribution in [3.05, 3.63) is 0 Å². The van der Waals surface area contributed by atoms with Crippen LogP contribution in [-0.4, -0.2) is 56.0 Å². The van der Waals surface area contributed by atoms with Gasteiger partial charge in [-0.15, -0.1) is 0 Å². The molecule has 3 atom stereocenters. The van der Waals surface area contributed by atoms with Crippen LogP contribution < -0.4 is 5.32 Å². The quantitative estimate of drug-likeness (QED) is 0.842. The zero-order chi connectivity index (χ0) is 13.5. The van der Waals surface area contributed by atoms with Crippen molar-refractivity contribution in [1.82, 2.24) is 10.2 Å². The van der Waals surface area contributed by atoms with Crippen LogP contribution in [-0.2, 0) is 9.84 Å². The van der Waals surface area contributed by atoms with Gasteiger partial charge in [0.25, 0.3) is 0 Å². The van der Waals surface area contributed by atoms with Crippen LogP contribution in [0.5, 0.6) is 0 Å². The molecule has 4 nitrogen and oxygen atoms in total. The van der Waals surface area contributed by atoms with E-state index in [0.29, 0.717) is 23.6 Å². The van der Waals surface area contributed by atoms with Crippen molar-refractivity contribution in [2.24, 2.45) is 5.92 Å². The van der Waals surface area contributed by atoms with Crippen molar-refractivity contribution < 1.29 is 8.42 Å². The molecule has 2 aliphatic heterocycles. The summed E-state index contributed by atoms with van der Waals surface area (Å²) in [6.07, 6.45) is 5.73. The summed E-state index contributed by atoms with van der Waals surface area (Å²) in [5.41, 5.74) is 0. The number of hydrogen-bond acceptors (Lipinski definition) is 4. The van der Waals surface area contributed by atoms with Crippen molar-refractivity contribution in [2.75, 3.05) is 24.6 Å². The second-order valence-electron chi connectivity index (χ2n) is 6.52. The molecule has 0 radical (unpaired) electrons. The Morgan fingerprint density at radius 1 is 1.26 bits per heavy atom. The van der Waals surface area contributed by atoms with Crippen LogP contribution in [0, 0.1) is 5.92 Å². The highest BCUT2D eigenvalue weighted by atomic mass is 32.2. The van der Waals surface area contributed by atoms with Gasteiger partial charge in [-0.1, -0.05) is 6.92 Å². The Bertz CT molecular complexity index is 419. The summed E-state index contributed by atoms with van der Waals surface area (Å²) in [4.78, 5) is 2.52. The van der Waals surface area contributed by atoms with Crippen molar-refractivity contribution in [3.8, 4) is 0 Å². The standard InChI is InChI=1S/C14H26N2O2S/c1-2-12-8-15-14(11-5-6-11)9-16(12)13-4-3-7-19(17,18)10-13/h11-15H,2-10H2,1H3. The van der Waals surface area contributed by atoms with E-state index in [0.717, 1.165) is 38.3 Å². The smallest absolute Gasteiger partial charge is 0.151 e. The average Bonchev–Trinajstić information content (AvgIpc) is 3.21. The van der Waals surface area contributed by atoms with Crippen LogP contribution in [0.4, 0.5) is 0 Å². The highest BCUT2D eigenvalue weighted by Crippen LogP contribution is 2.35. The zero-order valence-electron chi connectivity index (χ0n) is 11.8. The van der Waals surface area contributed by atoms with Crippen molar-refractivity contribution in [1.29, 1.82) is 0 Å². The van der Waals surface area contributed by atoms with Gasteiger partial charge in [0.2, 0.25) is 0 Å². The van der Waals surface area contributed by atoms with Crippen LogP contribution >= 0.6 is 0 Å². The minimum atomic E-state index is -2.80. The van der Waals surface area contributed by atoms with Gasteiger partial charge in [-0.2, -0.15) is 0 Å².